The molecule has 0 radical (unpaired) electrons. The number of nitrogens with zero attached hydrogens (tertiary/aromatic N) is 1. The first-order valence-corrected chi connectivity index (χ1v) is 7.63. The van der Waals surface area contributed by atoms with E-state index in [0.717, 1.165) is 44.7 Å². The summed E-state index contributed by atoms with van der Waals surface area (Å²) < 4.78 is 31.8. The Hall–Kier alpha value is -0.960. The molecule has 0 saturated carbocycles. The van der Waals surface area contributed by atoms with Crippen molar-refractivity contribution in [3.63, 3.8) is 0 Å². The lowest BCUT2D eigenvalue weighted by Crippen LogP contribution is -2.38. The Morgan fingerprint density at radius 3 is 2.61 bits per heavy atom. The van der Waals surface area contributed by atoms with Crippen LogP contribution in [0, 0.1) is 11.6 Å². The van der Waals surface area contributed by atoms with E-state index in [4.69, 9.17) is 4.74 Å². The highest BCUT2D eigenvalue weighted by molar-refractivity contribution is 14.0. The summed E-state index contributed by atoms with van der Waals surface area (Å²) in [5.74, 6) is -0.150. The van der Waals surface area contributed by atoms with Crippen LogP contribution in [0.5, 0.6) is 0 Å². The maximum atomic E-state index is 13.5. The van der Waals surface area contributed by atoms with E-state index < -0.39 is 5.82 Å². The molecule has 0 aliphatic heterocycles. The number of unbranched alkanes of at least 4 members (excludes halogenated alkanes) is 1. The summed E-state index contributed by atoms with van der Waals surface area (Å²) in [5, 5.41) is 6.26. The Labute approximate surface area is 154 Å². The number of benzene rings is 1. The Balaban J connectivity index is 0.00000484. The van der Waals surface area contributed by atoms with E-state index in [1.54, 1.807) is 7.05 Å². The van der Waals surface area contributed by atoms with Crippen molar-refractivity contribution >= 4 is 29.9 Å². The van der Waals surface area contributed by atoms with Gasteiger partial charge in [-0.1, -0.05) is 0 Å². The van der Waals surface area contributed by atoms with E-state index in [2.05, 4.69) is 15.6 Å². The zero-order valence-electron chi connectivity index (χ0n) is 13.7. The minimum Gasteiger partial charge on any atom is -0.382 e. The van der Waals surface area contributed by atoms with Gasteiger partial charge < -0.3 is 15.4 Å². The monoisotopic (exact) mass is 441 g/mol. The van der Waals surface area contributed by atoms with Gasteiger partial charge in [-0.05, 0) is 49.9 Å². The Bertz CT molecular complexity index is 473. The number of ether oxygens (including phenoxy) is 1. The van der Waals surface area contributed by atoms with Crippen LogP contribution < -0.4 is 10.6 Å². The summed E-state index contributed by atoms with van der Waals surface area (Å²) in [7, 11) is 1.68. The molecule has 0 unspecified atom stereocenters. The van der Waals surface area contributed by atoms with E-state index in [1.807, 2.05) is 6.92 Å². The molecule has 1 aromatic carbocycles. The van der Waals surface area contributed by atoms with Gasteiger partial charge in [0, 0.05) is 33.4 Å². The van der Waals surface area contributed by atoms with Gasteiger partial charge in [-0.2, -0.15) is 0 Å². The van der Waals surface area contributed by atoms with Crippen LogP contribution in [0.1, 0.15) is 25.3 Å². The number of nitrogens with one attached hydrogen (secondary N) is 2. The third-order valence-electron chi connectivity index (χ3n) is 3.13. The number of aliphatic imine (C=N–C) groups is 1. The van der Waals surface area contributed by atoms with Crippen molar-refractivity contribution in [1.29, 1.82) is 0 Å². The van der Waals surface area contributed by atoms with Crippen molar-refractivity contribution in [2.24, 2.45) is 4.99 Å². The minimum atomic E-state index is -0.423. The molecule has 132 valence electrons. The molecule has 4 nitrogen and oxygen atoms in total. The molecule has 0 atom stereocenters. The minimum absolute atomic E-state index is 0. The van der Waals surface area contributed by atoms with Crippen LogP contribution in [-0.2, 0) is 11.2 Å². The van der Waals surface area contributed by atoms with E-state index in [-0.39, 0.29) is 29.8 Å². The largest absolute Gasteiger partial charge is 0.382 e. The molecule has 1 rings (SSSR count). The predicted octanol–water partition coefficient (Wildman–Crippen LogP) is 3.11. The van der Waals surface area contributed by atoms with Crippen molar-refractivity contribution in [2.45, 2.75) is 26.2 Å². The molecular weight excluding hydrogens is 415 g/mol. The molecule has 0 fully saturated rings. The normalized spacial score (nSPS) is 11.0. The SMILES string of the molecule is CCOCCCCNC(=NC)NCCc1cc(F)ccc1F.I. The second-order valence-electron chi connectivity index (χ2n) is 4.82. The van der Waals surface area contributed by atoms with E-state index in [0.29, 0.717) is 24.5 Å². The third kappa shape index (κ3) is 9.70. The predicted molar refractivity (Wildman–Crippen MR) is 101 cm³/mol. The van der Waals surface area contributed by atoms with Crippen molar-refractivity contribution in [3.05, 3.63) is 35.4 Å². The molecule has 0 spiro atoms. The van der Waals surface area contributed by atoms with Gasteiger partial charge in [-0.25, -0.2) is 8.78 Å². The van der Waals surface area contributed by atoms with Crippen LogP contribution in [0.25, 0.3) is 0 Å². The first-order valence-electron chi connectivity index (χ1n) is 7.63. The van der Waals surface area contributed by atoms with Crippen molar-refractivity contribution in [1.82, 2.24) is 10.6 Å². The second kappa shape index (κ2) is 13.5. The van der Waals surface area contributed by atoms with Gasteiger partial charge in [-0.15, -0.1) is 24.0 Å². The molecule has 0 heterocycles. The smallest absolute Gasteiger partial charge is 0.190 e. The molecule has 0 saturated heterocycles. The number of guanidine groups is 1. The molecule has 0 aromatic heterocycles. The zero-order valence-corrected chi connectivity index (χ0v) is 16.0. The molecule has 7 heteroatoms. The number of halogens is 3. The van der Waals surface area contributed by atoms with Gasteiger partial charge in [0.05, 0.1) is 0 Å². The highest BCUT2D eigenvalue weighted by atomic mass is 127. The summed E-state index contributed by atoms with van der Waals surface area (Å²) in [6, 6.07) is 3.49. The average molecular weight is 441 g/mol. The standard InChI is InChI=1S/C16H25F2N3O.HI/c1-3-22-11-5-4-9-20-16(19-2)21-10-8-13-12-14(17)6-7-15(13)18;/h6-7,12H,3-5,8-11H2,1-2H3,(H2,19,20,21);1H. The van der Waals surface area contributed by atoms with Gasteiger partial charge in [0.2, 0.25) is 0 Å². The molecule has 1 aromatic rings. The summed E-state index contributed by atoms with van der Waals surface area (Å²) in [6.07, 6.45) is 2.38. The van der Waals surface area contributed by atoms with Gasteiger partial charge in [0.1, 0.15) is 11.6 Å². The lowest BCUT2D eigenvalue weighted by Gasteiger charge is -2.12. The molecule has 0 aliphatic rings. The quantitative estimate of drug-likeness (QED) is 0.268. The molecule has 23 heavy (non-hydrogen) atoms. The lowest BCUT2D eigenvalue weighted by molar-refractivity contribution is 0.143. The van der Waals surface area contributed by atoms with E-state index >= 15 is 0 Å². The van der Waals surface area contributed by atoms with Crippen LogP contribution in [-0.4, -0.2) is 39.3 Å². The fourth-order valence-electron chi connectivity index (χ4n) is 1.95. The molecular formula is C16H26F2IN3O. The molecule has 0 bridgehead atoms. The van der Waals surface area contributed by atoms with Crippen molar-refractivity contribution < 1.29 is 13.5 Å². The topological polar surface area (TPSA) is 45.6 Å². The van der Waals surface area contributed by atoms with Gasteiger partial charge in [-0.3, -0.25) is 4.99 Å². The molecule has 0 aliphatic carbocycles. The highest BCUT2D eigenvalue weighted by Gasteiger charge is 2.04. The van der Waals surface area contributed by atoms with Crippen LogP contribution >= 0.6 is 24.0 Å². The maximum absolute atomic E-state index is 13.5. The van der Waals surface area contributed by atoms with Gasteiger partial charge in [0.25, 0.3) is 0 Å². The van der Waals surface area contributed by atoms with E-state index in [9.17, 15) is 8.78 Å². The number of hydrogen-bond donors (Lipinski definition) is 2. The van der Waals surface area contributed by atoms with E-state index in [1.165, 1.54) is 6.07 Å². The summed E-state index contributed by atoms with van der Waals surface area (Å²) in [5.41, 5.74) is 0.361. The second-order valence-corrected chi connectivity index (χ2v) is 4.82. The summed E-state index contributed by atoms with van der Waals surface area (Å²) in [4.78, 5) is 4.09. The Morgan fingerprint density at radius 2 is 1.91 bits per heavy atom. The number of rotatable bonds is 9. The van der Waals surface area contributed by atoms with Gasteiger partial charge in [0.15, 0.2) is 5.96 Å². The first kappa shape index (κ1) is 22.0. The fourth-order valence-corrected chi connectivity index (χ4v) is 1.95. The Morgan fingerprint density at radius 1 is 1.17 bits per heavy atom. The summed E-state index contributed by atoms with van der Waals surface area (Å²) >= 11 is 0. The first-order chi connectivity index (χ1) is 10.7. The third-order valence-corrected chi connectivity index (χ3v) is 3.13. The van der Waals surface area contributed by atoms with Gasteiger partial charge >= 0.3 is 0 Å². The summed E-state index contributed by atoms with van der Waals surface area (Å²) in [6.45, 7) is 4.77. The lowest BCUT2D eigenvalue weighted by atomic mass is 10.1. The van der Waals surface area contributed by atoms with Crippen LogP contribution in [0.2, 0.25) is 0 Å². The fraction of sp³-hybridized carbons (Fsp3) is 0.562. The van der Waals surface area contributed by atoms with Crippen LogP contribution in [0.4, 0.5) is 8.78 Å². The zero-order chi connectivity index (χ0) is 16.2. The molecule has 0 amide bonds. The van der Waals surface area contributed by atoms with Crippen LogP contribution in [0.3, 0.4) is 0 Å². The van der Waals surface area contributed by atoms with Crippen molar-refractivity contribution in [2.75, 3.05) is 33.4 Å². The Kier molecular flexibility index (Phi) is 12.9. The number of hydrogen-bond acceptors (Lipinski definition) is 2. The van der Waals surface area contributed by atoms with Crippen molar-refractivity contribution in [3.8, 4) is 0 Å². The van der Waals surface area contributed by atoms with Crippen LogP contribution in [0.15, 0.2) is 23.2 Å². The highest BCUT2D eigenvalue weighted by Crippen LogP contribution is 2.09. The molecule has 2 N–H and O–H groups in total. The average Bonchev–Trinajstić information content (AvgIpc) is 2.52. The maximum Gasteiger partial charge on any atom is 0.190 e.